The van der Waals surface area contributed by atoms with Crippen LogP contribution in [0.3, 0.4) is 0 Å². The van der Waals surface area contributed by atoms with Gasteiger partial charge in [-0.1, -0.05) is 0 Å². The average Bonchev–Trinajstić information content (AvgIpc) is 2.08. The van der Waals surface area contributed by atoms with E-state index < -0.39 is 9.84 Å². The number of sulfone groups is 1. The van der Waals surface area contributed by atoms with Crippen LogP contribution in [-0.2, 0) is 9.84 Å². The zero-order valence-electron chi connectivity index (χ0n) is 8.03. The molecule has 0 unspecified atom stereocenters. The van der Waals surface area contributed by atoms with E-state index in [9.17, 15) is 8.42 Å². The van der Waals surface area contributed by atoms with E-state index >= 15 is 0 Å². The van der Waals surface area contributed by atoms with Gasteiger partial charge in [-0.05, 0) is 25.0 Å². The van der Waals surface area contributed by atoms with E-state index in [4.69, 9.17) is 0 Å². The Morgan fingerprint density at radius 3 is 2.46 bits per heavy atom. The zero-order valence-corrected chi connectivity index (χ0v) is 9.66. The number of hydrogen-bond donors (Lipinski definition) is 0. The van der Waals surface area contributed by atoms with Crippen LogP contribution >= 0.6 is 11.8 Å². The van der Waals surface area contributed by atoms with Crippen LogP contribution in [0.5, 0.6) is 0 Å². The molecule has 3 nitrogen and oxygen atoms in total. The second-order valence-electron chi connectivity index (χ2n) is 3.34. The molecule has 0 aromatic carbocycles. The molecule has 1 rings (SSSR count). The molecule has 0 amide bonds. The minimum Gasteiger partial charge on any atom is -0.301 e. The first-order valence-corrected chi connectivity index (χ1v) is 7.77. The molecule has 0 radical (unpaired) electrons. The Morgan fingerprint density at radius 2 is 1.92 bits per heavy atom. The normalized spacial score (nSPS) is 23.2. The number of rotatable bonds is 4. The van der Waals surface area contributed by atoms with Gasteiger partial charge in [0, 0.05) is 13.1 Å². The van der Waals surface area contributed by atoms with E-state index in [0.29, 0.717) is 11.5 Å². The molecule has 13 heavy (non-hydrogen) atoms. The van der Waals surface area contributed by atoms with Gasteiger partial charge in [0.1, 0.15) is 0 Å². The lowest BCUT2D eigenvalue weighted by Crippen LogP contribution is -2.40. The topological polar surface area (TPSA) is 37.4 Å². The van der Waals surface area contributed by atoms with Crippen molar-refractivity contribution < 1.29 is 8.42 Å². The number of thioether (sulfide) groups is 1. The Kier molecular flexibility index (Phi) is 4.55. The summed E-state index contributed by atoms with van der Waals surface area (Å²) in [6, 6.07) is 0. The minimum absolute atomic E-state index is 0.353. The Bertz CT molecular complexity index is 225. The molecule has 0 spiro atoms. The first-order valence-electron chi connectivity index (χ1n) is 4.56. The molecule has 0 aromatic heterocycles. The predicted octanol–water partition coefficient (Wildman–Crippen LogP) is 0.470. The van der Waals surface area contributed by atoms with E-state index in [1.807, 2.05) is 11.8 Å². The summed E-state index contributed by atoms with van der Waals surface area (Å²) in [5, 5.41) is 0. The Hall–Kier alpha value is 0.260. The van der Waals surface area contributed by atoms with Crippen LogP contribution in [0, 0.1) is 0 Å². The third-order valence-electron chi connectivity index (χ3n) is 2.26. The van der Waals surface area contributed by atoms with E-state index in [1.165, 1.54) is 12.2 Å². The fourth-order valence-electron chi connectivity index (χ4n) is 1.41. The SMILES string of the molecule is CSCCCN1CCS(=O)(=O)CC1. The Labute approximate surface area is 84.8 Å². The van der Waals surface area contributed by atoms with Gasteiger partial charge in [-0.25, -0.2) is 8.42 Å². The zero-order chi connectivity index (χ0) is 9.73. The van der Waals surface area contributed by atoms with E-state index in [2.05, 4.69) is 11.2 Å². The molecule has 0 saturated carbocycles. The maximum Gasteiger partial charge on any atom is 0.152 e. The van der Waals surface area contributed by atoms with Crippen molar-refractivity contribution in [2.24, 2.45) is 0 Å². The van der Waals surface area contributed by atoms with Crippen molar-refractivity contribution in [3.63, 3.8) is 0 Å². The lowest BCUT2D eigenvalue weighted by molar-refractivity contribution is 0.297. The van der Waals surface area contributed by atoms with E-state index in [1.54, 1.807) is 0 Å². The predicted molar refractivity (Wildman–Crippen MR) is 58.1 cm³/mol. The molecule has 0 atom stereocenters. The second-order valence-corrected chi connectivity index (χ2v) is 6.63. The molecular weight excluding hydrogens is 206 g/mol. The van der Waals surface area contributed by atoms with Gasteiger partial charge in [0.15, 0.2) is 9.84 Å². The number of nitrogens with zero attached hydrogens (tertiary/aromatic N) is 1. The molecule has 1 fully saturated rings. The Balaban J connectivity index is 2.18. The van der Waals surface area contributed by atoms with E-state index in [-0.39, 0.29) is 0 Å². The van der Waals surface area contributed by atoms with Crippen molar-refractivity contribution in [1.29, 1.82) is 0 Å². The second kappa shape index (κ2) is 5.22. The fraction of sp³-hybridized carbons (Fsp3) is 1.00. The van der Waals surface area contributed by atoms with Crippen molar-refractivity contribution >= 4 is 21.6 Å². The van der Waals surface area contributed by atoms with Gasteiger partial charge in [-0.15, -0.1) is 0 Å². The summed E-state index contributed by atoms with van der Waals surface area (Å²) >= 11 is 1.85. The summed E-state index contributed by atoms with van der Waals surface area (Å²) in [4.78, 5) is 2.25. The van der Waals surface area contributed by atoms with Gasteiger partial charge >= 0.3 is 0 Å². The van der Waals surface area contributed by atoms with Crippen LogP contribution in [0.2, 0.25) is 0 Å². The molecular formula is C8H17NO2S2. The van der Waals surface area contributed by atoms with Crippen molar-refractivity contribution in [3.05, 3.63) is 0 Å². The summed E-state index contributed by atoms with van der Waals surface area (Å²) in [5.74, 6) is 1.88. The van der Waals surface area contributed by atoms with Crippen LogP contribution in [0.4, 0.5) is 0 Å². The van der Waals surface area contributed by atoms with Crippen molar-refractivity contribution in [1.82, 2.24) is 4.90 Å². The fourth-order valence-corrected chi connectivity index (χ4v) is 3.10. The monoisotopic (exact) mass is 223 g/mol. The molecule has 78 valence electrons. The van der Waals surface area contributed by atoms with Gasteiger partial charge < -0.3 is 4.90 Å². The standard InChI is InChI=1S/C8H17NO2S2/c1-12-6-2-3-9-4-7-13(10,11)8-5-9/h2-8H2,1H3. The average molecular weight is 223 g/mol. The first kappa shape index (κ1) is 11.3. The van der Waals surface area contributed by atoms with Gasteiger partial charge in [0.25, 0.3) is 0 Å². The molecule has 0 N–H and O–H groups in total. The van der Waals surface area contributed by atoms with Crippen LogP contribution in [-0.4, -0.2) is 56.5 Å². The smallest absolute Gasteiger partial charge is 0.152 e. The minimum atomic E-state index is -2.69. The van der Waals surface area contributed by atoms with Gasteiger partial charge in [0.05, 0.1) is 11.5 Å². The van der Waals surface area contributed by atoms with Crippen LogP contribution in [0.25, 0.3) is 0 Å². The highest BCUT2D eigenvalue weighted by Gasteiger charge is 2.20. The highest BCUT2D eigenvalue weighted by atomic mass is 32.2. The third kappa shape index (κ3) is 4.33. The van der Waals surface area contributed by atoms with Gasteiger partial charge in [-0.3, -0.25) is 0 Å². The van der Waals surface area contributed by atoms with Crippen LogP contribution < -0.4 is 0 Å². The molecule has 0 aromatic rings. The lowest BCUT2D eigenvalue weighted by Gasteiger charge is -2.26. The highest BCUT2D eigenvalue weighted by Crippen LogP contribution is 2.05. The van der Waals surface area contributed by atoms with Gasteiger partial charge in [0.2, 0.25) is 0 Å². The summed E-state index contributed by atoms with van der Waals surface area (Å²) in [7, 11) is -2.69. The molecule has 1 saturated heterocycles. The third-order valence-corrected chi connectivity index (χ3v) is 4.57. The van der Waals surface area contributed by atoms with Crippen molar-refractivity contribution in [3.8, 4) is 0 Å². The van der Waals surface area contributed by atoms with Crippen LogP contribution in [0.1, 0.15) is 6.42 Å². The van der Waals surface area contributed by atoms with Crippen molar-refractivity contribution in [2.75, 3.05) is 43.1 Å². The molecule has 1 aliphatic rings. The van der Waals surface area contributed by atoms with E-state index in [0.717, 1.165) is 19.6 Å². The molecule has 5 heteroatoms. The molecule has 1 aliphatic heterocycles. The molecule has 0 aliphatic carbocycles. The maximum atomic E-state index is 11.1. The van der Waals surface area contributed by atoms with Crippen molar-refractivity contribution in [2.45, 2.75) is 6.42 Å². The van der Waals surface area contributed by atoms with Gasteiger partial charge in [-0.2, -0.15) is 11.8 Å². The summed E-state index contributed by atoms with van der Waals surface area (Å²) in [6.07, 6.45) is 3.27. The first-order chi connectivity index (χ1) is 6.14. The lowest BCUT2D eigenvalue weighted by atomic mass is 10.4. The Morgan fingerprint density at radius 1 is 1.31 bits per heavy atom. The number of hydrogen-bond acceptors (Lipinski definition) is 4. The van der Waals surface area contributed by atoms with Crippen LogP contribution in [0.15, 0.2) is 0 Å². The summed E-state index contributed by atoms with van der Waals surface area (Å²) in [6.45, 7) is 2.52. The molecule has 0 bridgehead atoms. The maximum absolute atomic E-state index is 11.1. The largest absolute Gasteiger partial charge is 0.301 e. The molecule has 1 heterocycles. The quantitative estimate of drug-likeness (QED) is 0.649. The summed E-state index contributed by atoms with van der Waals surface area (Å²) < 4.78 is 22.2. The summed E-state index contributed by atoms with van der Waals surface area (Å²) in [5.41, 5.74) is 0. The highest BCUT2D eigenvalue weighted by molar-refractivity contribution is 7.98.